The summed E-state index contributed by atoms with van der Waals surface area (Å²) in [6, 6.07) is 7.93. The number of halogens is 1. The molecule has 1 atom stereocenters. The van der Waals surface area contributed by atoms with Gasteiger partial charge in [0, 0.05) is 12.6 Å². The Morgan fingerprint density at radius 2 is 2.00 bits per heavy atom. The van der Waals surface area contributed by atoms with E-state index in [1.807, 2.05) is 18.2 Å². The van der Waals surface area contributed by atoms with Gasteiger partial charge in [-0.2, -0.15) is 8.42 Å². The van der Waals surface area contributed by atoms with Gasteiger partial charge in [0.15, 0.2) is 0 Å². The van der Waals surface area contributed by atoms with E-state index in [4.69, 9.17) is 0 Å². The lowest BCUT2D eigenvalue weighted by atomic mass is 9.85. The molecule has 1 aliphatic rings. The van der Waals surface area contributed by atoms with Crippen LogP contribution in [0.4, 0.5) is 5.69 Å². The summed E-state index contributed by atoms with van der Waals surface area (Å²) in [6.07, 6.45) is 9.45. The van der Waals surface area contributed by atoms with Crippen molar-refractivity contribution in [2.75, 3.05) is 4.72 Å². The fraction of sp³-hybridized carbons (Fsp3) is 0.526. The number of nitrogens with zero attached hydrogens (tertiary/aromatic N) is 1. The molecule has 2 N–H and O–H groups in total. The summed E-state index contributed by atoms with van der Waals surface area (Å²) in [4.78, 5) is 3.96. The molecule has 2 aromatic rings. The third-order valence-electron chi connectivity index (χ3n) is 5.00. The topological polar surface area (TPSA) is 71.1 Å². The quantitative estimate of drug-likeness (QED) is 0.557. The van der Waals surface area contributed by atoms with Gasteiger partial charge in [0.1, 0.15) is 0 Å². The highest BCUT2D eigenvalue weighted by Crippen LogP contribution is 2.28. The van der Waals surface area contributed by atoms with Crippen LogP contribution in [-0.2, 0) is 16.6 Å². The average Bonchev–Trinajstić information content (AvgIpc) is 3.09. The molecule has 1 fully saturated rings. The molecule has 148 valence electrons. The van der Waals surface area contributed by atoms with Crippen molar-refractivity contribution in [3.05, 3.63) is 39.8 Å². The van der Waals surface area contributed by atoms with Crippen LogP contribution >= 0.6 is 27.3 Å². The Bertz CT molecular complexity index is 848. The number of anilines is 1. The zero-order valence-corrected chi connectivity index (χ0v) is 18.7. The van der Waals surface area contributed by atoms with Gasteiger partial charge in [-0.3, -0.25) is 4.72 Å². The summed E-state index contributed by atoms with van der Waals surface area (Å²) >= 11 is 4.36. The fourth-order valence-electron chi connectivity index (χ4n) is 3.62. The van der Waals surface area contributed by atoms with Crippen LogP contribution in [0.3, 0.4) is 0 Å². The second-order valence-electron chi connectivity index (χ2n) is 7.21. The monoisotopic (exact) mass is 471 g/mol. The van der Waals surface area contributed by atoms with Gasteiger partial charge in [0.25, 0.3) is 10.0 Å². The Balaban J connectivity index is 1.62. The summed E-state index contributed by atoms with van der Waals surface area (Å²) in [5, 5.41) is 3.56. The smallest absolute Gasteiger partial charge is 0.289 e. The van der Waals surface area contributed by atoms with E-state index in [0.717, 1.165) is 22.8 Å². The van der Waals surface area contributed by atoms with Crippen LogP contribution in [0.5, 0.6) is 0 Å². The molecule has 1 heterocycles. The molecular formula is C19H26BrN3O2S2. The van der Waals surface area contributed by atoms with Crippen LogP contribution in [0.15, 0.2) is 38.6 Å². The maximum atomic E-state index is 12.6. The molecule has 1 aromatic heterocycles. The van der Waals surface area contributed by atoms with Gasteiger partial charge in [-0.05, 0) is 46.8 Å². The van der Waals surface area contributed by atoms with Crippen LogP contribution < -0.4 is 10.0 Å². The van der Waals surface area contributed by atoms with E-state index in [-0.39, 0.29) is 4.34 Å². The predicted molar refractivity (Wildman–Crippen MR) is 115 cm³/mol. The molecule has 0 amide bonds. The van der Waals surface area contributed by atoms with E-state index < -0.39 is 10.0 Å². The van der Waals surface area contributed by atoms with Crippen LogP contribution in [0.2, 0.25) is 0 Å². The normalized spacial score (nSPS) is 17.0. The molecule has 1 aliphatic carbocycles. The van der Waals surface area contributed by atoms with E-state index in [1.165, 1.54) is 44.7 Å². The van der Waals surface area contributed by atoms with E-state index >= 15 is 0 Å². The van der Waals surface area contributed by atoms with Crippen molar-refractivity contribution in [2.45, 2.75) is 62.4 Å². The molecule has 0 aliphatic heterocycles. The number of para-hydroxylation sites is 1. The second-order valence-corrected chi connectivity index (χ2v) is 11.5. The Morgan fingerprint density at radius 1 is 1.26 bits per heavy atom. The number of rotatable bonds is 8. The van der Waals surface area contributed by atoms with Crippen molar-refractivity contribution in [3.63, 3.8) is 0 Å². The van der Waals surface area contributed by atoms with E-state index in [9.17, 15) is 8.42 Å². The number of nitrogens with one attached hydrogen (secondary N) is 2. The first-order valence-electron chi connectivity index (χ1n) is 9.39. The number of hydrogen-bond donors (Lipinski definition) is 2. The highest BCUT2D eigenvalue weighted by atomic mass is 79.9. The van der Waals surface area contributed by atoms with Crippen molar-refractivity contribution in [2.24, 2.45) is 5.92 Å². The molecule has 8 heteroatoms. The first-order valence-corrected chi connectivity index (χ1v) is 12.5. The Labute approximate surface area is 174 Å². The molecule has 0 spiro atoms. The van der Waals surface area contributed by atoms with Crippen molar-refractivity contribution >= 4 is 43.0 Å². The summed E-state index contributed by atoms with van der Waals surface area (Å²) in [5.74, 6) is 0.818. The van der Waals surface area contributed by atoms with E-state index in [1.54, 1.807) is 6.07 Å². The van der Waals surface area contributed by atoms with E-state index in [2.05, 4.69) is 37.9 Å². The molecule has 27 heavy (non-hydrogen) atoms. The summed E-state index contributed by atoms with van der Waals surface area (Å²) in [5.41, 5.74) is 1.54. The van der Waals surface area contributed by atoms with E-state index in [0.29, 0.717) is 22.1 Å². The number of aromatic nitrogens is 1. The first-order chi connectivity index (χ1) is 12.9. The third-order valence-corrected chi connectivity index (χ3v) is 8.23. The zero-order chi connectivity index (χ0) is 19.3. The maximum Gasteiger partial charge on any atom is 0.289 e. The molecule has 1 saturated carbocycles. The van der Waals surface area contributed by atoms with Gasteiger partial charge in [-0.15, -0.1) is 0 Å². The molecular weight excluding hydrogens is 446 g/mol. The number of sulfonamides is 1. The molecule has 5 nitrogen and oxygen atoms in total. The largest absolute Gasteiger partial charge is 0.310 e. The molecule has 0 bridgehead atoms. The first kappa shape index (κ1) is 20.8. The number of thiazole rings is 1. The minimum atomic E-state index is -3.68. The van der Waals surface area contributed by atoms with Gasteiger partial charge in [0.2, 0.25) is 4.34 Å². The van der Waals surface area contributed by atoms with Crippen molar-refractivity contribution in [3.8, 4) is 0 Å². The van der Waals surface area contributed by atoms with Crippen molar-refractivity contribution in [1.29, 1.82) is 0 Å². The minimum absolute atomic E-state index is 0.0582. The van der Waals surface area contributed by atoms with Crippen LogP contribution in [-0.4, -0.2) is 19.4 Å². The highest BCUT2D eigenvalue weighted by molar-refractivity contribution is 9.11. The summed E-state index contributed by atoms with van der Waals surface area (Å²) in [7, 11) is -3.68. The highest BCUT2D eigenvalue weighted by Gasteiger charge is 2.20. The van der Waals surface area contributed by atoms with Crippen molar-refractivity contribution in [1.82, 2.24) is 10.3 Å². The number of benzene rings is 1. The second kappa shape index (κ2) is 9.49. The van der Waals surface area contributed by atoms with Crippen LogP contribution in [0.1, 0.15) is 51.0 Å². The molecule has 0 radical (unpaired) electrons. The van der Waals surface area contributed by atoms with Gasteiger partial charge in [-0.25, -0.2) is 4.98 Å². The summed E-state index contributed by atoms with van der Waals surface area (Å²) in [6.45, 7) is 2.85. The Kier molecular flexibility index (Phi) is 7.30. The third kappa shape index (κ3) is 6.01. The lowest BCUT2D eigenvalue weighted by Gasteiger charge is -2.25. The number of hydrogen-bond acceptors (Lipinski definition) is 5. The Morgan fingerprint density at radius 3 is 2.70 bits per heavy atom. The molecule has 1 unspecified atom stereocenters. The predicted octanol–water partition coefficient (Wildman–Crippen LogP) is 5.15. The van der Waals surface area contributed by atoms with Gasteiger partial charge < -0.3 is 5.32 Å². The standard InChI is InChI=1S/C19H26BrN3O2S2/c1-14(11-15-7-3-2-4-8-15)21-12-16-9-5-6-10-17(16)23-27(24,25)19-22-13-18(20)26-19/h5-6,9-10,13-15,21,23H,2-4,7-8,11-12H2,1H3. The molecule has 3 rings (SSSR count). The SMILES string of the molecule is CC(CC1CCCCC1)NCc1ccccc1NS(=O)(=O)c1ncc(Br)s1. The molecule has 1 aromatic carbocycles. The van der Waals surface area contributed by atoms with Crippen LogP contribution in [0.25, 0.3) is 0 Å². The maximum absolute atomic E-state index is 12.6. The summed E-state index contributed by atoms with van der Waals surface area (Å²) < 4.78 is 28.6. The zero-order valence-electron chi connectivity index (χ0n) is 15.4. The van der Waals surface area contributed by atoms with Gasteiger partial charge in [-0.1, -0.05) is 61.6 Å². The molecule has 0 saturated heterocycles. The van der Waals surface area contributed by atoms with Crippen LogP contribution in [0, 0.1) is 5.92 Å². The van der Waals surface area contributed by atoms with Gasteiger partial charge in [0.05, 0.1) is 15.7 Å². The average molecular weight is 472 g/mol. The lowest BCUT2D eigenvalue weighted by Crippen LogP contribution is -2.29. The minimum Gasteiger partial charge on any atom is -0.310 e. The fourth-order valence-corrected chi connectivity index (χ4v) is 6.48. The van der Waals surface area contributed by atoms with Gasteiger partial charge >= 0.3 is 0 Å². The van der Waals surface area contributed by atoms with Crippen molar-refractivity contribution < 1.29 is 8.42 Å². The lowest BCUT2D eigenvalue weighted by molar-refractivity contribution is 0.305. The Hall–Kier alpha value is -0.960.